The fraction of sp³-hybridized carbons (Fsp3) is 0.917. The molecule has 1 unspecified atom stereocenters. The summed E-state index contributed by atoms with van der Waals surface area (Å²) in [6.07, 6.45) is 5.03. The molecule has 94 valence electrons. The van der Waals surface area contributed by atoms with Gasteiger partial charge in [-0.2, -0.15) is 0 Å². The minimum Gasteiger partial charge on any atom is -0.383 e. The molecule has 0 aromatic heterocycles. The summed E-state index contributed by atoms with van der Waals surface area (Å²) in [7, 11) is 1.69. The third-order valence-electron chi connectivity index (χ3n) is 3.56. The normalized spacial score (nSPS) is 25.5. The van der Waals surface area contributed by atoms with Crippen molar-refractivity contribution in [2.24, 2.45) is 22.2 Å². The number of nitrogens with two attached hydrogens (primary N) is 1. The Kier molecular flexibility index (Phi) is 5.22. The second-order valence-corrected chi connectivity index (χ2v) is 5.19. The van der Waals surface area contributed by atoms with E-state index < -0.39 is 0 Å². The van der Waals surface area contributed by atoms with Gasteiger partial charge in [-0.15, -0.1) is 0 Å². The van der Waals surface area contributed by atoms with Crippen LogP contribution in [0, 0.1) is 11.3 Å². The third-order valence-corrected chi connectivity index (χ3v) is 3.56. The molecule has 0 saturated heterocycles. The first-order chi connectivity index (χ1) is 7.61. The van der Waals surface area contributed by atoms with E-state index in [1.165, 1.54) is 25.7 Å². The van der Waals surface area contributed by atoms with E-state index in [1.807, 2.05) is 0 Å². The summed E-state index contributed by atoms with van der Waals surface area (Å²) in [6, 6.07) is 0. The van der Waals surface area contributed by atoms with Crippen LogP contribution in [0.1, 0.15) is 39.5 Å². The molecule has 4 nitrogen and oxygen atoms in total. The first-order valence-corrected chi connectivity index (χ1v) is 6.11. The van der Waals surface area contributed by atoms with Crippen LogP contribution in [0.3, 0.4) is 0 Å². The molecule has 1 aliphatic carbocycles. The molecule has 0 aromatic rings. The Bertz CT molecular complexity index is 238. The van der Waals surface area contributed by atoms with Gasteiger partial charge in [-0.05, 0) is 18.3 Å². The van der Waals surface area contributed by atoms with Crippen molar-refractivity contribution in [1.82, 2.24) is 5.43 Å². The molecule has 0 heterocycles. The fourth-order valence-corrected chi connectivity index (χ4v) is 2.51. The molecule has 0 spiro atoms. The van der Waals surface area contributed by atoms with Crippen LogP contribution in [0.25, 0.3) is 0 Å². The van der Waals surface area contributed by atoms with Gasteiger partial charge >= 0.3 is 0 Å². The maximum atomic E-state index is 5.59. The topological polar surface area (TPSA) is 59.6 Å². The number of hydrogen-bond acceptors (Lipinski definition) is 3. The highest BCUT2D eigenvalue weighted by atomic mass is 16.5. The number of hydrogen-bond donors (Lipinski definition) is 2. The van der Waals surface area contributed by atoms with E-state index in [0.29, 0.717) is 24.5 Å². The van der Waals surface area contributed by atoms with Gasteiger partial charge in [0, 0.05) is 13.0 Å². The van der Waals surface area contributed by atoms with Crippen LogP contribution in [0.4, 0.5) is 0 Å². The quantitative estimate of drug-likeness (QED) is 0.253. The summed E-state index contributed by atoms with van der Waals surface area (Å²) in [6.45, 7) is 5.95. The summed E-state index contributed by atoms with van der Waals surface area (Å²) >= 11 is 0. The number of nitrogens with zero attached hydrogens (tertiary/aromatic N) is 1. The zero-order valence-corrected chi connectivity index (χ0v) is 10.8. The lowest BCUT2D eigenvalue weighted by atomic mass is 9.68. The van der Waals surface area contributed by atoms with Gasteiger partial charge in [0.1, 0.15) is 5.84 Å². The zero-order valence-electron chi connectivity index (χ0n) is 10.8. The number of amidine groups is 1. The number of ether oxygens (including phenoxy) is 1. The second kappa shape index (κ2) is 6.21. The van der Waals surface area contributed by atoms with Gasteiger partial charge in [-0.1, -0.05) is 26.7 Å². The van der Waals surface area contributed by atoms with Crippen molar-refractivity contribution in [2.75, 3.05) is 20.3 Å². The van der Waals surface area contributed by atoms with E-state index in [0.717, 1.165) is 5.84 Å². The molecule has 0 radical (unpaired) electrons. The van der Waals surface area contributed by atoms with Crippen molar-refractivity contribution in [3.8, 4) is 0 Å². The van der Waals surface area contributed by atoms with Crippen molar-refractivity contribution in [2.45, 2.75) is 39.5 Å². The molecule has 1 saturated carbocycles. The minimum atomic E-state index is 0.302. The van der Waals surface area contributed by atoms with Crippen molar-refractivity contribution in [3.05, 3.63) is 0 Å². The Hall–Kier alpha value is -0.610. The van der Waals surface area contributed by atoms with Crippen molar-refractivity contribution in [1.29, 1.82) is 0 Å². The molecule has 3 N–H and O–H groups in total. The average molecular weight is 227 g/mol. The number of hydrazine groups is 1. The highest BCUT2D eigenvalue weighted by molar-refractivity contribution is 5.84. The monoisotopic (exact) mass is 227 g/mol. The number of aliphatic imine (C=N–C) groups is 1. The molecule has 0 aliphatic heterocycles. The summed E-state index contributed by atoms with van der Waals surface area (Å²) in [5, 5.41) is 0. The number of rotatable bonds is 4. The molecular formula is C12H25N3O. The largest absolute Gasteiger partial charge is 0.383 e. The molecule has 16 heavy (non-hydrogen) atoms. The predicted molar refractivity (Wildman–Crippen MR) is 67.2 cm³/mol. The SMILES string of the molecule is COCCN=C(NN)C1CCCCC1(C)C. The third kappa shape index (κ3) is 3.46. The zero-order chi connectivity index (χ0) is 12.0. The Morgan fingerprint density at radius 1 is 1.50 bits per heavy atom. The van der Waals surface area contributed by atoms with Crippen molar-refractivity contribution < 1.29 is 4.74 Å². The summed E-state index contributed by atoms with van der Waals surface area (Å²) in [4.78, 5) is 4.51. The molecule has 0 aromatic carbocycles. The van der Waals surface area contributed by atoms with Crippen LogP contribution < -0.4 is 11.3 Å². The van der Waals surface area contributed by atoms with E-state index >= 15 is 0 Å². The van der Waals surface area contributed by atoms with Crippen LogP contribution in [-0.2, 0) is 4.74 Å². The van der Waals surface area contributed by atoms with Crippen LogP contribution in [0.5, 0.6) is 0 Å². The Balaban J connectivity index is 2.66. The summed E-state index contributed by atoms with van der Waals surface area (Å²) < 4.78 is 5.00. The van der Waals surface area contributed by atoms with Gasteiger partial charge < -0.3 is 10.2 Å². The molecule has 1 atom stereocenters. The molecule has 0 bridgehead atoms. The average Bonchev–Trinajstić information content (AvgIpc) is 2.25. The summed E-state index contributed by atoms with van der Waals surface area (Å²) in [5.41, 5.74) is 3.08. The van der Waals surface area contributed by atoms with Crippen LogP contribution in [0.15, 0.2) is 4.99 Å². The predicted octanol–water partition coefficient (Wildman–Crippen LogP) is 1.71. The van der Waals surface area contributed by atoms with Gasteiger partial charge in [0.05, 0.1) is 13.2 Å². The fourth-order valence-electron chi connectivity index (χ4n) is 2.51. The first kappa shape index (κ1) is 13.5. The van der Waals surface area contributed by atoms with Crippen molar-refractivity contribution in [3.63, 3.8) is 0 Å². The van der Waals surface area contributed by atoms with Gasteiger partial charge in [-0.25, -0.2) is 5.84 Å². The van der Waals surface area contributed by atoms with Crippen LogP contribution >= 0.6 is 0 Å². The minimum absolute atomic E-state index is 0.302. The number of methoxy groups -OCH3 is 1. The maximum absolute atomic E-state index is 5.59. The summed E-state index contributed by atoms with van der Waals surface area (Å²) in [5.74, 6) is 6.99. The smallest absolute Gasteiger partial charge is 0.114 e. The second-order valence-electron chi connectivity index (χ2n) is 5.19. The standard InChI is InChI=1S/C12H25N3O/c1-12(2)7-5-4-6-10(12)11(15-13)14-8-9-16-3/h10H,4-9,13H2,1-3H3,(H,14,15). The lowest BCUT2D eigenvalue weighted by Gasteiger charge is -2.39. The van der Waals surface area contributed by atoms with E-state index in [1.54, 1.807) is 7.11 Å². The molecular weight excluding hydrogens is 202 g/mol. The van der Waals surface area contributed by atoms with Crippen molar-refractivity contribution >= 4 is 5.84 Å². The highest BCUT2D eigenvalue weighted by Gasteiger charge is 2.35. The lowest BCUT2D eigenvalue weighted by Crippen LogP contribution is -2.44. The van der Waals surface area contributed by atoms with E-state index in [9.17, 15) is 0 Å². The van der Waals surface area contributed by atoms with E-state index in [-0.39, 0.29) is 0 Å². The van der Waals surface area contributed by atoms with Gasteiger partial charge in [-0.3, -0.25) is 4.99 Å². The Morgan fingerprint density at radius 3 is 2.81 bits per heavy atom. The van der Waals surface area contributed by atoms with Crippen LogP contribution in [0.2, 0.25) is 0 Å². The maximum Gasteiger partial charge on any atom is 0.114 e. The molecule has 4 heteroatoms. The van der Waals surface area contributed by atoms with E-state index in [4.69, 9.17) is 10.6 Å². The Morgan fingerprint density at radius 2 is 2.25 bits per heavy atom. The molecule has 0 amide bonds. The van der Waals surface area contributed by atoms with Crippen LogP contribution in [-0.4, -0.2) is 26.1 Å². The van der Waals surface area contributed by atoms with Gasteiger partial charge in [0.25, 0.3) is 0 Å². The molecule has 1 rings (SSSR count). The lowest BCUT2D eigenvalue weighted by molar-refractivity contribution is 0.187. The number of nitrogens with one attached hydrogen (secondary N) is 1. The molecule has 1 aliphatic rings. The molecule has 1 fully saturated rings. The highest BCUT2D eigenvalue weighted by Crippen LogP contribution is 2.40. The Labute approximate surface area is 98.6 Å². The van der Waals surface area contributed by atoms with Gasteiger partial charge in [0.15, 0.2) is 0 Å². The first-order valence-electron chi connectivity index (χ1n) is 6.11. The van der Waals surface area contributed by atoms with Gasteiger partial charge in [0.2, 0.25) is 0 Å². The van der Waals surface area contributed by atoms with E-state index in [2.05, 4.69) is 24.3 Å².